The van der Waals surface area contributed by atoms with Gasteiger partial charge in [0.2, 0.25) is 11.7 Å². The van der Waals surface area contributed by atoms with Crippen molar-refractivity contribution in [1.29, 1.82) is 0 Å². The third-order valence-corrected chi connectivity index (χ3v) is 4.50. The third kappa shape index (κ3) is 3.95. The topological polar surface area (TPSA) is 63.9 Å². The van der Waals surface area contributed by atoms with Crippen molar-refractivity contribution < 1.29 is 9.18 Å². The van der Waals surface area contributed by atoms with Gasteiger partial charge in [0, 0.05) is 17.5 Å². The molecule has 24 heavy (non-hydrogen) atoms. The van der Waals surface area contributed by atoms with Crippen molar-refractivity contribution in [3.63, 3.8) is 0 Å². The van der Waals surface area contributed by atoms with Gasteiger partial charge in [0.05, 0.1) is 10.9 Å². The highest BCUT2D eigenvalue weighted by molar-refractivity contribution is 7.16. The van der Waals surface area contributed by atoms with E-state index in [4.69, 9.17) is 11.6 Å². The van der Waals surface area contributed by atoms with Crippen LogP contribution in [-0.4, -0.2) is 38.1 Å². The van der Waals surface area contributed by atoms with Crippen LogP contribution in [0.1, 0.15) is 4.88 Å². The molecule has 6 nitrogen and oxygen atoms in total. The van der Waals surface area contributed by atoms with E-state index in [2.05, 4.69) is 15.4 Å². The number of halogens is 2. The van der Waals surface area contributed by atoms with Crippen LogP contribution in [0.2, 0.25) is 4.34 Å². The molecule has 3 aromatic rings. The van der Waals surface area contributed by atoms with Gasteiger partial charge < -0.3 is 4.90 Å². The fourth-order valence-corrected chi connectivity index (χ4v) is 3.17. The molecule has 3 rings (SSSR count). The van der Waals surface area contributed by atoms with Crippen molar-refractivity contribution in [1.82, 2.24) is 25.1 Å². The average molecular weight is 366 g/mol. The molecule has 0 atom stereocenters. The Morgan fingerprint density at radius 2 is 2.04 bits per heavy atom. The van der Waals surface area contributed by atoms with Crippen LogP contribution in [0.5, 0.6) is 0 Å². The first-order valence-electron chi connectivity index (χ1n) is 7.03. The molecule has 0 N–H and O–H groups in total. The number of tetrazole rings is 1. The summed E-state index contributed by atoms with van der Waals surface area (Å²) in [5.74, 6) is -0.144. The van der Waals surface area contributed by atoms with E-state index in [-0.39, 0.29) is 18.3 Å². The van der Waals surface area contributed by atoms with Gasteiger partial charge in [0.15, 0.2) is 0 Å². The molecule has 1 aromatic carbocycles. The van der Waals surface area contributed by atoms with Gasteiger partial charge in [-0.2, -0.15) is 4.80 Å². The second-order valence-electron chi connectivity index (χ2n) is 5.11. The van der Waals surface area contributed by atoms with Crippen molar-refractivity contribution in [2.75, 3.05) is 7.05 Å². The summed E-state index contributed by atoms with van der Waals surface area (Å²) >= 11 is 7.32. The minimum atomic E-state index is -0.336. The molecule has 0 bridgehead atoms. The summed E-state index contributed by atoms with van der Waals surface area (Å²) in [5, 5.41) is 11.9. The number of nitrogens with zero attached hydrogens (tertiary/aromatic N) is 5. The molecule has 0 saturated carbocycles. The van der Waals surface area contributed by atoms with Crippen LogP contribution in [0.25, 0.3) is 11.4 Å². The summed E-state index contributed by atoms with van der Waals surface area (Å²) < 4.78 is 13.6. The highest BCUT2D eigenvalue weighted by atomic mass is 35.5. The van der Waals surface area contributed by atoms with Crippen LogP contribution in [0.3, 0.4) is 0 Å². The van der Waals surface area contributed by atoms with Crippen molar-refractivity contribution >= 4 is 28.8 Å². The normalized spacial score (nSPS) is 10.8. The van der Waals surface area contributed by atoms with Gasteiger partial charge >= 0.3 is 0 Å². The molecule has 0 fully saturated rings. The Morgan fingerprint density at radius 1 is 1.29 bits per heavy atom. The zero-order valence-electron chi connectivity index (χ0n) is 12.7. The number of hydrogen-bond acceptors (Lipinski definition) is 5. The van der Waals surface area contributed by atoms with E-state index in [0.29, 0.717) is 22.3 Å². The number of hydrogen-bond donors (Lipinski definition) is 0. The summed E-state index contributed by atoms with van der Waals surface area (Å²) in [6.45, 7) is 0.444. The van der Waals surface area contributed by atoms with Gasteiger partial charge in [0.25, 0.3) is 0 Å². The number of benzene rings is 1. The Bertz CT molecular complexity index is 848. The fraction of sp³-hybridized carbons (Fsp3) is 0.200. The predicted octanol–water partition coefficient (Wildman–Crippen LogP) is 2.85. The quantitative estimate of drug-likeness (QED) is 0.697. The Morgan fingerprint density at radius 3 is 2.71 bits per heavy atom. The maximum absolute atomic E-state index is 12.9. The molecule has 0 aliphatic carbocycles. The number of carbonyl (C=O) groups is 1. The maximum Gasteiger partial charge on any atom is 0.246 e. The molecule has 0 aliphatic rings. The lowest BCUT2D eigenvalue weighted by atomic mass is 10.2. The summed E-state index contributed by atoms with van der Waals surface area (Å²) in [4.78, 5) is 16.0. The molecule has 0 spiro atoms. The monoisotopic (exact) mass is 365 g/mol. The number of aromatic nitrogens is 4. The molecule has 9 heteroatoms. The Labute approximate surface area is 146 Å². The third-order valence-electron chi connectivity index (χ3n) is 3.28. The SMILES string of the molecule is CN(Cc1ccc(Cl)s1)C(=O)Cn1nnc(-c2ccc(F)cc2)n1. The maximum atomic E-state index is 12.9. The van der Waals surface area contributed by atoms with E-state index in [9.17, 15) is 9.18 Å². The molecule has 124 valence electrons. The largest absolute Gasteiger partial charge is 0.339 e. The van der Waals surface area contributed by atoms with Gasteiger partial charge in [-0.25, -0.2) is 4.39 Å². The molecule has 2 heterocycles. The summed E-state index contributed by atoms with van der Waals surface area (Å²) in [6.07, 6.45) is 0. The number of amides is 1. The van der Waals surface area contributed by atoms with Crippen LogP contribution >= 0.6 is 22.9 Å². The fourth-order valence-electron chi connectivity index (χ4n) is 2.03. The molecule has 0 saturated heterocycles. The van der Waals surface area contributed by atoms with Crippen LogP contribution < -0.4 is 0 Å². The molecular formula is C15H13ClFN5OS. The summed E-state index contributed by atoms with van der Waals surface area (Å²) in [7, 11) is 1.70. The van der Waals surface area contributed by atoms with Crippen molar-refractivity contribution in [3.05, 3.63) is 51.4 Å². The number of carbonyl (C=O) groups excluding carboxylic acids is 1. The lowest BCUT2D eigenvalue weighted by molar-refractivity contribution is -0.131. The van der Waals surface area contributed by atoms with Crippen LogP contribution in [0.15, 0.2) is 36.4 Å². The van der Waals surface area contributed by atoms with Gasteiger partial charge in [-0.15, -0.1) is 21.5 Å². The molecule has 0 aliphatic heterocycles. The minimum Gasteiger partial charge on any atom is -0.339 e. The molecule has 0 radical (unpaired) electrons. The van der Waals surface area contributed by atoms with Crippen molar-refractivity contribution in [2.45, 2.75) is 13.1 Å². The van der Waals surface area contributed by atoms with E-state index < -0.39 is 0 Å². The molecular weight excluding hydrogens is 353 g/mol. The van der Waals surface area contributed by atoms with Gasteiger partial charge in [-0.05, 0) is 41.6 Å². The van der Waals surface area contributed by atoms with Crippen LogP contribution in [0, 0.1) is 5.82 Å². The van der Waals surface area contributed by atoms with Crippen LogP contribution in [-0.2, 0) is 17.9 Å². The second-order valence-corrected chi connectivity index (χ2v) is 6.91. The number of rotatable bonds is 5. The first-order chi connectivity index (χ1) is 11.5. The summed E-state index contributed by atoms with van der Waals surface area (Å²) in [6, 6.07) is 9.45. The number of thiophene rings is 1. The standard InChI is InChI=1S/C15H13ClFN5OS/c1-21(8-12-6-7-13(16)24-12)14(23)9-22-19-15(18-20-22)10-2-4-11(17)5-3-10/h2-7H,8-9H2,1H3. The van der Waals surface area contributed by atoms with E-state index in [1.165, 1.54) is 28.3 Å². The predicted molar refractivity (Wildman–Crippen MR) is 89.0 cm³/mol. The molecule has 2 aromatic heterocycles. The van der Waals surface area contributed by atoms with E-state index >= 15 is 0 Å². The summed E-state index contributed by atoms with van der Waals surface area (Å²) in [5.41, 5.74) is 0.636. The lowest BCUT2D eigenvalue weighted by Crippen LogP contribution is -2.30. The van der Waals surface area contributed by atoms with E-state index in [0.717, 1.165) is 4.88 Å². The Kier molecular flexibility index (Phi) is 4.86. The zero-order valence-corrected chi connectivity index (χ0v) is 14.3. The number of likely N-dealkylation sites (N-methyl/N-ethyl adjacent to an activating group) is 1. The van der Waals surface area contributed by atoms with E-state index in [1.54, 1.807) is 30.1 Å². The Balaban J connectivity index is 1.63. The van der Waals surface area contributed by atoms with Crippen LogP contribution in [0.4, 0.5) is 4.39 Å². The molecule has 0 unspecified atom stereocenters. The minimum absolute atomic E-state index is 0.0240. The average Bonchev–Trinajstić information content (AvgIpc) is 3.17. The van der Waals surface area contributed by atoms with E-state index in [1.807, 2.05) is 6.07 Å². The van der Waals surface area contributed by atoms with Gasteiger partial charge in [-0.3, -0.25) is 4.79 Å². The second kappa shape index (κ2) is 7.06. The first kappa shape index (κ1) is 16.5. The lowest BCUT2D eigenvalue weighted by Gasteiger charge is -2.15. The zero-order chi connectivity index (χ0) is 17.1. The smallest absolute Gasteiger partial charge is 0.246 e. The first-order valence-corrected chi connectivity index (χ1v) is 8.22. The van der Waals surface area contributed by atoms with Crippen molar-refractivity contribution in [2.24, 2.45) is 0 Å². The van der Waals surface area contributed by atoms with Gasteiger partial charge in [-0.1, -0.05) is 11.6 Å². The highest BCUT2D eigenvalue weighted by Crippen LogP contribution is 2.22. The van der Waals surface area contributed by atoms with Gasteiger partial charge in [0.1, 0.15) is 12.4 Å². The Hall–Kier alpha value is -2.32. The molecule has 1 amide bonds. The van der Waals surface area contributed by atoms with Crippen molar-refractivity contribution in [3.8, 4) is 11.4 Å². The highest BCUT2D eigenvalue weighted by Gasteiger charge is 2.14.